The Morgan fingerprint density at radius 2 is 1.52 bits per heavy atom. The van der Waals surface area contributed by atoms with E-state index >= 15 is 0 Å². The van der Waals surface area contributed by atoms with Crippen LogP contribution in [-0.2, 0) is 32.3 Å². The quantitative estimate of drug-likeness (QED) is 0.666. The largest absolute Gasteiger partial charge is 0.461 e. The Kier molecular flexibility index (Phi) is 8.03. The smallest absolute Gasteiger partial charge is 0.306 e. The summed E-state index contributed by atoms with van der Waals surface area (Å²) in [7, 11) is 0. The molecule has 2 aromatic rings. The second kappa shape index (κ2) is 10.8. The van der Waals surface area contributed by atoms with Crippen molar-refractivity contribution in [2.24, 2.45) is 0 Å². The molecule has 0 saturated heterocycles. The number of carbonyl (C=O) groups is 3. The van der Waals surface area contributed by atoms with Crippen molar-refractivity contribution in [3.63, 3.8) is 0 Å². The first-order chi connectivity index (χ1) is 13.0. The zero-order valence-electron chi connectivity index (χ0n) is 15.3. The molecule has 2 aromatic carbocycles. The van der Waals surface area contributed by atoms with Gasteiger partial charge in [0.2, 0.25) is 11.8 Å². The summed E-state index contributed by atoms with van der Waals surface area (Å²) in [5.41, 5.74) is 1.85. The summed E-state index contributed by atoms with van der Waals surface area (Å²) in [5.74, 6) is -1.07. The SMILES string of the molecule is CC(=O)NC(CCC(=O)OCc1ccccc1)C(=O)NCc1ccccc1. The van der Waals surface area contributed by atoms with Gasteiger partial charge in [-0.2, -0.15) is 0 Å². The number of hydrogen-bond donors (Lipinski definition) is 2. The summed E-state index contributed by atoms with van der Waals surface area (Å²) in [6.45, 7) is 1.88. The molecule has 1 atom stereocenters. The summed E-state index contributed by atoms with van der Waals surface area (Å²) in [6.07, 6.45) is 0.213. The molecular weight excluding hydrogens is 344 g/mol. The summed E-state index contributed by atoms with van der Waals surface area (Å²) in [5, 5.41) is 5.37. The van der Waals surface area contributed by atoms with Gasteiger partial charge in [0, 0.05) is 19.9 Å². The number of benzene rings is 2. The number of amides is 2. The van der Waals surface area contributed by atoms with Crippen LogP contribution in [0.3, 0.4) is 0 Å². The Bertz CT molecular complexity index is 747. The number of ether oxygens (including phenoxy) is 1. The van der Waals surface area contributed by atoms with Gasteiger partial charge in [-0.3, -0.25) is 14.4 Å². The molecular formula is C21H24N2O4. The maximum atomic E-state index is 12.4. The molecule has 0 aliphatic heterocycles. The van der Waals surface area contributed by atoms with E-state index in [1.54, 1.807) is 0 Å². The second-order valence-corrected chi connectivity index (χ2v) is 6.14. The van der Waals surface area contributed by atoms with E-state index in [-0.39, 0.29) is 31.3 Å². The molecule has 2 amide bonds. The van der Waals surface area contributed by atoms with Crippen molar-refractivity contribution in [3.05, 3.63) is 71.8 Å². The molecule has 0 aliphatic rings. The number of hydrogen-bond acceptors (Lipinski definition) is 4. The highest BCUT2D eigenvalue weighted by Gasteiger charge is 2.20. The van der Waals surface area contributed by atoms with Crippen molar-refractivity contribution in [2.45, 2.75) is 39.0 Å². The van der Waals surface area contributed by atoms with Gasteiger partial charge >= 0.3 is 5.97 Å². The minimum atomic E-state index is -0.782. The summed E-state index contributed by atoms with van der Waals surface area (Å²) in [6, 6.07) is 18.0. The molecule has 0 heterocycles. The van der Waals surface area contributed by atoms with E-state index in [9.17, 15) is 14.4 Å². The Hall–Kier alpha value is -3.15. The standard InChI is InChI=1S/C21H24N2O4/c1-16(24)23-19(21(26)22-14-17-8-4-2-5-9-17)12-13-20(25)27-15-18-10-6-3-7-11-18/h2-11,19H,12-15H2,1H3,(H,22,26)(H,23,24). The molecule has 0 aliphatic carbocycles. The molecule has 0 spiro atoms. The lowest BCUT2D eigenvalue weighted by Crippen LogP contribution is -2.46. The van der Waals surface area contributed by atoms with Crippen LogP contribution in [0, 0.1) is 0 Å². The average molecular weight is 368 g/mol. The summed E-state index contributed by atoms with van der Waals surface area (Å²) >= 11 is 0. The molecule has 6 heteroatoms. The van der Waals surface area contributed by atoms with E-state index in [4.69, 9.17) is 4.74 Å². The van der Waals surface area contributed by atoms with Gasteiger partial charge in [0.1, 0.15) is 12.6 Å². The van der Waals surface area contributed by atoms with Gasteiger partial charge in [-0.1, -0.05) is 60.7 Å². The van der Waals surface area contributed by atoms with Crippen molar-refractivity contribution in [1.82, 2.24) is 10.6 Å². The first-order valence-electron chi connectivity index (χ1n) is 8.83. The molecule has 0 fully saturated rings. The third-order valence-corrected chi connectivity index (χ3v) is 3.88. The molecule has 0 bridgehead atoms. The number of esters is 1. The van der Waals surface area contributed by atoms with Crippen LogP contribution in [0.2, 0.25) is 0 Å². The van der Waals surface area contributed by atoms with Gasteiger partial charge in [-0.15, -0.1) is 0 Å². The topological polar surface area (TPSA) is 84.5 Å². The van der Waals surface area contributed by atoms with Gasteiger partial charge in [-0.25, -0.2) is 0 Å². The lowest BCUT2D eigenvalue weighted by molar-refractivity contribution is -0.145. The minimum Gasteiger partial charge on any atom is -0.461 e. The van der Waals surface area contributed by atoms with Crippen LogP contribution in [-0.4, -0.2) is 23.8 Å². The lowest BCUT2D eigenvalue weighted by atomic mass is 10.1. The molecule has 27 heavy (non-hydrogen) atoms. The van der Waals surface area contributed by atoms with Crippen LogP contribution >= 0.6 is 0 Å². The Labute approximate surface area is 158 Å². The Morgan fingerprint density at radius 3 is 2.11 bits per heavy atom. The van der Waals surface area contributed by atoms with Crippen LogP contribution in [0.5, 0.6) is 0 Å². The van der Waals surface area contributed by atoms with E-state index < -0.39 is 12.0 Å². The average Bonchev–Trinajstić information content (AvgIpc) is 2.69. The maximum Gasteiger partial charge on any atom is 0.306 e. The molecule has 0 aromatic heterocycles. The van der Waals surface area contributed by atoms with Gasteiger partial charge in [0.15, 0.2) is 0 Å². The van der Waals surface area contributed by atoms with E-state index in [2.05, 4.69) is 10.6 Å². The van der Waals surface area contributed by atoms with Crippen LogP contribution in [0.4, 0.5) is 0 Å². The third kappa shape index (κ3) is 7.73. The van der Waals surface area contributed by atoms with Crippen molar-refractivity contribution in [2.75, 3.05) is 0 Å². The predicted molar refractivity (Wildman–Crippen MR) is 101 cm³/mol. The van der Waals surface area contributed by atoms with E-state index in [1.807, 2.05) is 60.7 Å². The van der Waals surface area contributed by atoms with Gasteiger partial charge in [-0.05, 0) is 17.5 Å². The van der Waals surface area contributed by atoms with E-state index in [1.165, 1.54) is 6.92 Å². The van der Waals surface area contributed by atoms with Crippen LogP contribution in [0.25, 0.3) is 0 Å². The van der Waals surface area contributed by atoms with Crippen LogP contribution < -0.4 is 10.6 Å². The molecule has 142 valence electrons. The number of carbonyl (C=O) groups excluding carboxylic acids is 3. The normalized spacial score (nSPS) is 11.3. The number of rotatable bonds is 9. The molecule has 0 saturated carbocycles. The predicted octanol–water partition coefficient (Wildman–Crippen LogP) is 2.33. The molecule has 2 N–H and O–H groups in total. The first kappa shape index (κ1) is 20.2. The van der Waals surface area contributed by atoms with Crippen molar-refractivity contribution in [1.29, 1.82) is 0 Å². The van der Waals surface area contributed by atoms with E-state index in [0.29, 0.717) is 6.54 Å². The van der Waals surface area contributed by atoms with Crippen molar-refractivity contribution >= 4 is 17.8 Å². The number of nitrogens with one attached hydrogen (secondary N) is 2. The highest BCUT2D eigenvalue weighted by atomic mass is 16.5. The highest BCUT2D eigenvalue weighted by Crippen LogP contribution is 2.05. The lowest BCUT2D eigenvalue weighted by Gasteiger charge is -2.17. The van der Waals surface area contributed by atoms with Gasteiger partial charge in [0.05, 0.1) is 0 Å². The van der Waals surface area contributed by atoms with Crippen LogP contribution in [0.15, 0.2) is 60.7 Å². The van der Waals surface area contributed by atoms with Crippen molar-refractivity contribution in [3.8, 4) is 0 Å². The second-order valence-electron chi connectivity index (χ2n) is 6.14. The fourth-order valence-corrected chi connectivity index (χ4v) is 2.49. The van der Waals surface area contributed by atoms with Gasteiger partial charge in [0.25, 0.3) is 0 Å². The zero-order valence-corrected chi connectivity index (χ0v) is 15.3. The zero-order chi connectivity index (χ0) is 19.5. The fraction of sp³-hybridized carbons (Fsp3) is 0.286. The molecule has 0 radical (unpaired) electrons. The maximum absolute atomic E-state index is 12.4. The van der Waals surface area contributed by atoms with Gasteiger partial charge < -0.3 is 15.4 Å². The Morgan fingerprint density at radius 1 is 0.926 bits per heavy atom. The monoisotopic (exact) mass is 368 g/mol. The fourth-order valence-electron chi connectivity index (χ4n) is 2.49. The Balaban J connectivity index is 1.81. The third-order valence-electron chi connectivity index (χ3n) is 3.88. The molecule has 2 rings (SSSR count). The first-order valence-corrected chi connectivity index (χ1v) is 8.83. The summed E-state index contributed by atoms with van der Waals surface area (Å²) < 4.78 is 5.21. The molecule has 6 nitrogen and oxygen atoms in total. The minimum absolute atomic E-state index is 0.0382. The van der Waals surface area contributed by atoms with E-state index in [0.717, 1.165) is 11.1 Å². The molecule has 1 unspecified atom stereocenters. The highest BCUT2D eigenvalue weighted by molar-refractivity contribution is 5.87. The summed E-state index contributed by atoms with van der Waals surface area (Å²) in [4.78, 5) is 35.7. The van der Waals surface area contributed by atoms with Crippen LogP contribution in [0.1, 0.15) is 30.9 Å². The van der Waals surface area contributed by atoms with Crippen molar-refractivity contribution < 1.29 is 19.1 Å².